The molecule has 0 aromatic carbocycles. The molecule has 1 aliphatic heterocycles. The van der Waals surface area contributed by atoms with Gasteiger partial charge < -0.3 is 37.6 Å². The third-order valence-electron chi connectivity index (χ3n) is 13.4. The highest BCUT2D eigenvalue weighted by Gasteiger charge is 2.30. The minimum absolute atomic E-state index is 0.195. The third-order valence-corrected chi connectivity index (χ3v) is 13.4. The second-order valence-electron chi connectivity index (χ2n) is 19.7. The van der Waals surface area contributed by atoms with Crippen LogP contribution in [0.1, 0.15) is 265 Å². The van der Waals surface area contributed by atoms with E-state index in [2.05, 4.69) is 45.7 Å². The normalized spacial score (nSPS) is 14.9. The molecule has 12 heteroatoms. The molecule has 8 N–H and O–H groups in total. The van der Waals surface area contributed by atoms with E-state index in [9.17, 15) is 24.0 Å². The summed E-state index contributed by atoms with van der Waals surface area (Å²) in [5.74, 6) is -1.97. The second-order valence-corrected chi connectivity index (χ2v) is 19.7. The fourth-order valence-corrected chi connectivity index (χ4v) is 8.99. The van der Waals surface area contributed by atoms with Crippen LogP contribution in [0.25, 0.3) is 0 Å². The maximum Gasteiger partial charge on any atom is 0.243 e. The van der Waals surface area contributed by atoms with Crippen molar-refractivity contribution in [2.75, 3.05) is 26.2 Å². The summed E-state index contributed by atoms with van der Waals surface area (Å²) in [6, 6.07) is -3.25. The van der Waals surface area contributed by atoms with Gasteiger partial charge in [-0.05, 0) is 65.0 Å². The van der Waals surface area contributed by atoms with E-state index in [1.54, 1.807) is 6.92 Å². The first-order chi connectivity index (χ1) is 32.2. The van der Waals surface area contributed by atoms with Gasteiger partial charge in [0.1, 0.15) is 18.1 Å². The molecule has 0 aromatic rings. The lowest BCUT2D eigenvalue weighted by Gasteiger charge is -2.25. The summed E-state index contributed by atoms with van der Waals surface area (Å²) in [6.45, 7) is 8.32. The molecule has 66 heavy (non-hydrogen) atoms. The molecule has 0 radical (unpaired) electrons. The molecule has 4 atom stereocenters. The van der Waals surface area contributed by atoms with Crippen molar-refractivity contribution in [1.82, 2.24) is 31.9 Å². The number of unbranched alkanes of at least 4 members (excludes halogenated alkanes) is 31. The molecule has 0 spiro atoms. The molecule has 1 fully saturated rings. The van der Waals surface area contributed by atoms with Crippen molar-refractivity contribution in [3.63, 3.8) is 0 Å². The van der Waals surface area contributed by atoms with Crippen LogP contribution in [-0.2, 0) is 24.0 Å². The Bertz CT molecular complexity index is 1200. The SMILES string of the molecule is CCCCCCCCCCCCCCCCCCNC(=O)C[C@H](NC(=O)[C@H](CCCCN)NC(=O)[C@H](C)NC(=O)[C@@H]1CCCN1)C(=O)NCCCCCCCCCCCCCCCCCC. The molecule has 0 aliphatic carbocycles. The lowest BCUT2D eigenvalue weighted by molar-refractivity contribution is -0.135. The summed E-state index contributed by atoms with van der Waals surface area (Å²) in [4.78, 5) is 66.6. The molecule has 386 valence electrons. The van der Waals surface area contributed by atoms with Gasteiger partial charge in [0.2, 0.25) is 29.5 Å². The first kappa shape index (κ1) is 61.3. The quantitative estimate of drug-likeness (QED) is 0.0296. The standard InChI is InChI=1S/C54H105N7O5/c1-4-6-8-10-12-14-16-18-20-22-24-26-28-30-32-36-42-57-50(62)45-49(52(64)58-43-37-33-31-29-27-25-23-21-19-17-15-13-11-9-7-5-2)61-54(66)48(39-34-35-41-55)60-51(63)46(3)59-53(65)47-40-38-44-56-47/h46-49,56H,4-45,55H2,1-3H3,(H,57,62)(H,58,64)(H,59,65)(H,60,63)(H,61,66)/t46-,47-,48-,49-/m0/s1. The van der Waals surface area contributed by atoms with E-state index >= 15 is 0 Å². The van der Waals surface area contributed by atoms with Crippen LogP contribution in [0.5, 0.6) is 0 Å². The Kier molecular flexibility index (Phi) is 41.6. The van der Waals surface area contributed by atoms with Gasteiger partial charge in [-0.2, -0.15) is 0 Å². The summed E-state index contributed by atoms with van der Waals surface area (Å²) in [5, 5.41) is 17.5. The van der Waals surface area contributed by atoms with Crippen LogP contribution < -0.4 is 37.6 Å². The molecule has 5 amide bonds. The van der Waals surface area contributed by atoms with Gasteiger partial charge in [0, 0.05) is 13.1 Å². The van der Waals surface area contributed by atoms with Crippen molar-refractivity contribution < 1.29 is 24.0 Å². The molecular formula is C54H105N7O5. The zero-order valence-electron chi connectivity index (χ0n) is 43.1. The van der Waals surface area contributed by atoms with Crippen LogP contribution in [-0.4, -0.2) is 79.9 Å². The second kappa shape index (κ2) is 44.8. The lowest BCUT2D eigenvalue weighted by Crippen LogP contribution is -2.57. The predicted octanol–water partition coefficient (Wildman–Crippen LogP) is 10.5. The number of nitrogens with two attached hydrogens (primary N) is 1. The largest absolute Gasteiger partial charge is 0.356 e. The average molecular weight is 932 g/mol. The number of hydrogen-bond donors (Lipinski definition) is 7. The van der Waals surface area contributed by atoms with E-state index in [1.165, 1.54) is 167 Å². The van der Waals surface area contributed by atoms with E-state index in [0.29, 0.717) is 45.3 Å². The van der Waals surface area contributed by atoms with Crippen LogP contribution in [0.4, 0.5) is 0 Å². The molecular weight excluding hydrogens is 827 g/mol. The van der Waals surface area contributed by atoms with Crippen molar-refractivity contribution in [2.24, 2.45) is 5.73 Å². The smallest absolute Gasteiger partial charge is 0.243 e. The number of carbonyl (C=O) groups excluding carboxylic acids is 5. The van der Waals surface area contributed by atoms with Gasteiger partial charge in [0.25, 0.3) is 0 Å². The first-order valence-corrected chi connectivity index (χ1v) is 28.1. The highest BCUT2D eigenvalue weighted by atomic mass is 16.2. The van der Waals surface area contributed by atoms with Gasteiger partial charge in [-0.3, -0.25) is 24.0 Å². The van der Waals surface area contributed by atoms with E-state index in [0.717, 1.165) is 51.5 Å². The highest BCUT2D eigenvalue weighted by Crippen LogP contribution is 2.16. The Morgan fingerprint density at radius 1 is 0.485 bits per heavy atom. The number of carbonyl (C=O) groups is 5. The summed E-state index contributed by atoms with van der Waals surface area (Å²) >= 11 is 0. The summed E-state index contributed by atoms with van der Waals surface area (Å²) in [6.07, 6.45) is 43.8. The maximum absolute atomic E-state index is 13.8. The van der Waals surface area contributed by atoms with E-state index < -0.39 is 35.8 Å². The van der Waals surface area contributed by atoms with Gasteiger partial charge in [0.15, 0.2) is 0 Å². The topological polar surface area (TPSA) is 184 Å². The van der Waals surface area contributed by atoms with Gasteiger partial charge >= 0.3 is 0 Å². The monoisotopic (exact) mass is 932 g/mol. The highest BCUT2D eigenvalue weighted by molar-refractivity contribution is 5.96. The van der Waals surface area contributed by atoms with Crippen LogP contribution >= 0.6 is 0 Å². The van der Waals surface area contributed by atoms with Crippen LogP contribution in [0.15, 0.2) is 0 Å². The van der Waals surface area contributed by atoms with Crippen molar-refractivity contribution in [1.29, 1.82) is 0 Å². The fourth-order valence-electron chi connectivity index (χ4n) is 8.99. The maximum atomic E-state index is 13.8. The molecule has 0 saturated carbocycles. The van der Waals surface area contributed by atoms with Gasteiger partial charge in [-0.25, -0.2) is 0 Å². The van der Waals surface area contributed by atoms with Crippen molar-refractivity contribution in [2.45, 2.75) is 289 Å². The van der Waals surface area contributed by atoms with E-state index in [4.69, 9.17) is 5.73 Å². The molecule has 1 saturated heterocycles. The van der Waals surface area contributed by atoms with Crippen LogP contribution in [0, 0.1) is 0 Å². The zero-order chi connectivity index (χ0) is 48.1. The van der Waals surface area contributed by atoms with E-state index in [1.807, 2.05) is 0 Å². The number of amides is 5. The molecule has 1 rings (SSSR count). The molecule has 0 bridgehead atoms. The summed E-state index contributed by atoms with van der Waals surface area (Å²) in [7, 11) is 0. The van der Waals surface area contributed by atoms with E-state index in [-0.39, 0.29) is 24.3 Å². The first-order valence-electron chi connectivity index (χ1n) is 28.1. The van der Waals surface area contributed by atoms with Crippen molar-refractivity contribution in [3.8, 4) is 0 Å². The average Bonchev–Trinajstić information content (AvgIpc) is 3.86. The van der Waals surface area contributed by atoms with Gasteiger partial charge in [-0.1, -0.05) is 206 Å². The van der Waals surface area contributed by atoms with Gasteiger partial charge in [-0.15, -0.1) is 0 Å². The Balaban J connectivity index is 2.56. The fraction of sp³-hybridized carbons (Fsp3) is 0.907. The molecule has 12 nitrogen and oxygen atoms in total. The van der Waals surface area contributed by atoms with Crippen LogP contribution in [0.2, 0.25) is 0 Å². The predicted molar refractivity (Wildman–Crippen MR) is 275 cm³/mol. The van der Waals surface area contributed by atoms with Gasteiger partial charge in [0.05, 0.1) is 12.5 Å². The minimum Gasteiger partial charge on any atom is -0.356 e. The van der Waals surface area contributed by atoms with Crippen molar-refractivity contribution in [3.05, 3.63) is 0 Å². The molecule has 1 aliphatic rings. The Hall–Kier alpha value is -2.73. The Morgan fingerprint density at radius 3 is 1.30 bits per heavy atom. The third kappa shape index (κ3) is 35.4. The molecule has 1 heterocycles. The minimum atomic E-state index is -1.09. The number of rotatable bonds is 47. The zero-order valence-corrected chi connectivity index (χ0v) is 43.1. The lowest BCUT2D eigenvalue weighted by atomic mass is 10.0. The summed E-state index contributed by atoms with van der Waals surface area (Å²) < 4.78 is 0. The molecule has 0 unspecified atom stereocenters. The number of nitrogens with one attached hydrogen (secondary N) is 6. The van der Waals surface area contributed by atoms with Crippen LogP contribution in [0.3, 0.4) is 0 Å². The number of hydrogen-bond acceptors (Lipinski definition) is 7. The summed E-state index contributed by atoms with van der Waals surface area (Å²) in [5.41, 5.74) is 5.75. The Labute approximate surface area is 405 Å². The van der Waals surface area contributed by atoms with Crippen molar-refractivity contribution >= 4 is 29.5 Å². The molecule has 0 aromatic heterocycles. The Morgan fingerprint density at radius 2 is 0.894 bits per heavy atom.